The van der Waals surface area contributed by atoms with Crippen molar-refractivity contribution in [3.8, 4) is 17.2 Å². The van der Waals surface area contributed by atoms with Crippen LogP contribution in [0.5, 0.6) is 17.2 Å². The van der Waals surface area contributed by atoms with Gasteiger partial charge in [-0.1, -0.05) is 11.6 Å². The van der Waals surface area contributed by atoms with Crippen LogP contribution in [0.4, 0.5) is 0 Å². The van der Waals surface area contributed by atoms with Crippen molar-refractivity contribution in [2.75, 3.05) is 21.3 Å². The summed E-state index contributed by atoms with van der Waals surface area (Å²) in [5, 5.41) is 0.517. The number of ether oxygens (including phenoxy) is 4. The number of hydrogen-bond acceptors (Lipinski definition) is 6. The van der Waals surface area contributed by atoms with Crippen LogP contribution in [0, 0.1) is 0 Å². The van der Waals surface area contributed by atoms with E-state index in [1.165, 1.54) is 40.4 Å². The fourth-order valence-electron chi connectivity index (χ4n) is 2.33. The highest BCUT2D eigenvalue weighted by Crippen LogP contribution is 2.38. The summed E-state index contributed by atoms with van der Waals surface area (Å²) in [5.41, 5.74) is 0.579. The van der Waals surface area contributed by atoms with Crippen LogP contribution >= 0.6 is 11.6 Å². The van der Waals surface area contributed by atoms with Crippen LogP contribution < -0.4 is 14.2 Å². The van der Waals surface area contributed by atoms with Crippen molar-refractivity contribution >= 4 is 23.4 Å². The molecule has 0 N–H and O–H groups in total. The van der Waals surface area contributed by atoms with Crippen LogP contribution in [0.1, 0.15) is 27.6 Å². The molecule has 2 aromatic rings. The van der Waals surface area contributed by atoms with Gasteiger partial charge >= 0.3 is 5.97 Å². The van der Waals surface area contributed by atoms with E-state index < -0.39 is 12.1 Å². The molecule has 0 aliphatic heterocycles. The zero-order chi connectivity index (χ0) is 19.3. The Balaban J connectivity index is 2.21. The van der Waals surface area contributed by atoms with Crippen molar-refractivity contribution in [2.24, 2.45) is 0 Å². The molecule has 6 nitrogen and oxygen atoms in total. The van der Waals surface area contributed by atoms with Crippen LogP contribution in [0.15, 0.2) is 36.4 Å². The molecule has 0 amide bonds. The Morgan fingerprint density at radius 2 is 1.42 bits per heavy atom. The third-order valence-corrected chi connectivity index (χ3v) is 3.93. The van der Waals surface area contributed by atoms with Crippen LogP contribution in [-0.2, 0) is 4.74 Å². The van der Waals surface area contributed by atoms with Crippen molar-refractivity contribution in [2.45, 2.75) is 13.0 Å². The Morgan fingerprint density at radius 3 is 1.88 bits per heavy atom. The third kappa shape index (κ3) is 4.26. The SMILES string of the molecule is COc1cc(C(=O)O[C@H](C)C(=O)c2ccc(Cl)cc2)cc(OC)c1OC. The predicted octanol–water partition coefficient (Wildman–Crippen LogP) is 3.79. The summed E-state index contributed by atoms with van der Waals surface area (Å²) in [4.78, 5) is 24.8. The number of benzene rings is 2. The number of carbonyl (C=O) groups excluding carboxylic acids is 2. The number of rotatable bonds is 7. The second-order valence-electron chi connectivity index (χ2n) is 5.33. The van der Waals surface area contributed by atoms with Gasteiger partial charge in [0.05, 0.1) is 26.9 Å². The molecule has 0 aliphatic rings. The van der Waals surface area contributed by atoms with E-state index in [0.717, 1.165) is 0 Å². The molecule has 0 bridgehead atoms. The first-order chi connectivity index (χ1) is 12.4. The molecular weight excluding hydrogens is 360 g/mol. The maximum atomic E-state index is 12.4. The van der Waals surface area contributed by atoms with Gasteiger partial charge in [0.15, 0.2) is 17.6 Å². The molecule has 0 aromatic heterocycles. The minimum absolute atomic E-state index is 0.176. The fourth-order valence-corrected chi connectivity index (χ4v) is 2.46. The van der Waals surface area contributed by atoms with E-state index in [4.69, 9.17) is 30.5 Å². The highest BCUT2D eigenvalue weighted by Gasteiger charge is 2.23. The zero-order valence-corrected chi connectivity index (χ0v) is 15.6. The molecule has 1 atom stereocenters. The van der Waals surface area contributed by atoms with E-state index in [9.17, 15) is 9.59 Å². The van der Waals surface area contributed by atoms with Gasteiger partial charge in [0, 0.05) is 10.6 Å². The van der Waals surface area contributed by atoms with Gasteiger partial charge in [0.2, 0.25) is 11.5 Å². The van der Waals surface area contributed by atoms with Gasteiger partial charge in [-0.05, 0) is 43.3 Å². The average Bonchev–Trinajstić information content (AvgIpc) is 2.66. The van der Waals surface area contributed by atoms with E-state index in [-0.39, 0.29) is 11.3 Å². The summed E-state index contributed by atoms with van der Waals surface area (Å²) in [7, 11) is 4.35. The Kier molecular flexibility index (Phi) is 6.46. The number of esters is 1. The van der Waals surface area contributed by atoms with Gasteiger partial charge in [-0.15, -0.1) is 0 Å². The van der Waals surface area contributed by atoms with E-state index in [1.54, 1.807) is 24.3 Å². The van der Waals surface area contributed by atoms with E-state index in [1.807, 2.05) is 0 Å². The van der Waals surface area contributed by atoms with Gasteiger partial charge < -0.3 is 18.9 Å². The number of Topliss-reactive ketones (excluding diaryl/α,β-unsaturated/α-hetero) is 1. The summed E-state index contributed by atoms with van der Waals surface area (Å²) < 4.78 is 20.9. The summed E-state index contributed by atoms with van der Waals surface area (Å²) in [5.74, 6) is -0.0238. The van der Waals surface area contributed by atoms with E-state index in [2.05, 4.69) is 0 Å². The Morgan fingerprint density at radius 1 is 0.885 bits per heavy atom. The minimum Gasteiger partial charge on any atom is -0.493 e. The summed E-state index contributed by atoms with van der Waals surface area (Å²) in [6, 6.07) is 9.28. The van der Waals surface area contributed by atoms with Crippen molar-refractivity contribution < 1.29 is 28.5 Å². The number of ketones is 1. The lowest BCUT2D eigenvalue weighted by molar-refractivity contribution is 0.0318. The minimum atomic E-state index is -0.970. The highest BCUT2D eigenvalue weighted by molar-refractivity contribution is 6.30. The van der Waals surface area contributed by atoms with Crippen molar-refractivity contribution in [3.63, 3.8) is 0 Å². The first kappa shape index (κ1) is 19.6. The normalized spacial score (nSPS) is 11.4. The second kappa shape index (κ2) is 8.58. The summed E-state index contributed by atoms with van der Waals surface area (Å²) >= 11 is 5.81. The molecule has 7 heteroatoms. The Hall–Kier alpha value is -2.73. The number of halogens is 1. The quantitative estimate of drug-likeness (QED) is 0.539. The number of carbonyl (C=O) groups is 2. The molecule has 0 spiro atoms. The topological polar surface area (TPSA) is 71.1 Å². The Labute approximate surface area is 156 Å². The first-order valence-corrected chi connectivity index (χ1v) is 8.09. The highest BCUT2D eigenvalue weighted by atomic mass is 35.5. The zero-order valence-electron chi connectivity index (χ0n) is 14.9. The lowest BCUT2D eigenvalue weighted by atomic mass is 10.1. The van der Waals surface area contributed by atoms with Gasteiger partial charge in [0.1, 0.15) is 0 Å². The number of hydrogen-bond donors (Lipinski definition) is 0. The van der Waals surface area contributed by atoms with Gasteiger partial charge in [-0.25, -0.2) is 4.79 Å². The monoisotopic (exact) mass is 378 g/mol. The molecule has 0 saturated carbocycles. The first-order valence-electron chi connectivity index (χ1n) is 7.72. The molecular formula is C19H19ClO6. The van der Waals surface area contributed by atoms with Gasteiger partial charge in [-0.2, -0.15) is 0 Å². The molecule has 0 saturated heterocycles. The smallest absolute Gasteiger partial charge is 0.339 e. The van der Waals surface area contributed by atoms with Crippen molar-refractivity contribution in [1.29, 1.82) is 0 Å². The molecule has 0 fully saturated rings. The van der Waals surface area contributed by atoms with E-state index in [0.29, 0.717) is 27.8 Å². The van der Waals surface area contributed by atoms with Crippen LogP contribution in [-0.4, -0.2) is 39.2 Å². The molecule has 0 heterocycles. The molecule has 0 aliphatic carbocycles. The van der Waals surface area contributed by atoms with Gasteiger partial charge in [0.25, 0.3) is 0 Å². The van der Waals surface area contributed by atoms with E-state index >= 15 is 0 Å². The molecule has 26 heavy (non-hydrogen) atoms. The standard InChI is InChI=1S/C19H19ClO6/c1-11(17(21)12-5-7-14(20)8-6-12)26-19(22)13-9-15(23-2)18(25-4)16(10-13)24-3/h5-11H,1-4H3/t11-/m1/s1. The average molecular weight is 379 g/mol. The fraction of sp³-hybridized carbons (Fsp3) is 0.263. The molecule has 138 valence electrons. The van der Waals surface area contributed by atoms with Crippen LogP contribution in [0.3, 0.4) is 0 Å². The molecule has 2 aromatic carbocycles. The number of methoxy groups -OCH3 is 3. The van der Waals surface area contributed by atoms with Crippen molar-refractivity contribution in [3.05, 3.63) is 52.5 Å². The van der Waals surface area contributed by atoms with Gasteiger partial charge in [-0.3, -0.25) is 4.79 Å². The van der Waals surface area contributed by atoms with Crippen LogP contribution in [0.2, 0.25) is 5.02 Å². The van der Waals surface area contributed by atoms with Crippen molar-refractivity contribution in [1.82, 2.24) is 0 Å². The molecule has 0 unspecified atom stereocenters. The summed E-state index contributed by atoms with van der Waals surface area (Å²) in [6.07, 6.45) is -0.970. The van der Waals surface area contributed by atoms with Crippen LogP contribution in [0.25, 0.3) is 0 Å². The summed E-state index contributed by atoms with van der Waals surface area (Å²) in [6.45, 7) is 1.51. The Bertz CT molecular complexity index is 775. The molecule has 2 rings (SSSR count). The maximum absolute atomic E-state index is 12.4. The maximum Gasteiger partial charge on any atom is 0.339 e. The lowest BCUT2D eigenvalue weighted by Gasteiger charge is -2.15. The molecule has 0 radical (unpaired) electrons. The third-order valence-electron chi connectivity index (χ3n) is 3.68. The lowest BCUT2D eigenvalue weighted by Crippen LogP contribution is -2.24. The predicted molar refractivity (Wildman–Crippen MR) is 96.8 cm³/mol. The largest absolute Gasteiger partial charge is 0.493 e. The second-order valence-corrected chi connectivity index (χ2v) is 5.77.